The van der Waals surface area contributed by atoms with E-state index in [1.54, 1.807) is 36.1 Å². The molecule has 0 unspecified atom stereocenters. The molecule has 0 atom stereocenters. The van der Waals surface area contributed by atoms with Crippen LogP contribution < -0.4 is 5.32 Å². The third-order valence-electron chi connectivity index (χ3n) is 2.69. The van der Waals surface area contributed by atoms with E-state index in [2.05, 4.69) is 15.3 Å². The molecule has 1 amide bonds. The van der Waals surface area contributed by atoms with E-state index in [1.165, 1.54) is 11.3 Å². The maximum atomic E-state index is 12.0. The van der Waals surface area contributed by atoms with Gasteiger partial charge in [-0.05, 0) is 12.1 Å². The van der Waals surface area contributed by atoms with E-state index in [0.717, 1.165) is 4.70 Å². The van der Waals surface area contributed by atoms with Gasteiger partial charge in [-0.1, -0.05) is 34.5 Å². The van der Waals surface area contributed by atoms with E-state index in [9.17, 15) is 4.79 Å². The van der Waals surface area contributed by atoms with Crippen molar-refractivity contribution in [3.8, 4) is 0 Å². The predicted octanol–water partition coefficient (Wildman–Crippen LogP) is 3.59. The van der Waals surface area contributed by atoms with Crippen LogP contribution in [0.4, 0.5) is 5.13 Å². The van der Waals surface area contributed by atoms with Gasteiger partial charge in [-0.3, -0.25) is 10.1 Å². The molecule has 0 radical (unpaired) electrons. The Bertz CT molecular complexity index is 772. The van der Waals surface area contributed by atoms with Crippen molar-refractivity contribution in [3.05, 3.63) is 40.4 Å². The van der Waals surface area contributed by atoms with E-state index in [-0.39, 0.29) is 5.91 Å². The summed E-state index contributed by atoms with van der Waals surface area (Å²) < 4.78 is 2.37. The van der Waals surface area contributed by atoms with Gasteiger partial charge in [-0.2, -0.15) is 0 Å². The molecule has 0 aliphatic heterocycles. The molecule has 20 heavy (non-hydrogen) atoms. The average molecular weight is 327 g/mol. The number of anilines is 1. The van der Waals surface area contributed by atoms with Crippen LogP contribution in [-0.4, -0.2) is 20.4 Å². The van der Waals surface area contributed by atoms with Crippen molar-refractivity contribution >= 4 is 55.8 Å². The molecular formula is C12H8Cl2N4OS. The number of aryl methyl sites for hydroxylation is 1. The summed E-state index contributed by atoms with van der Waals surface area (Å²) in [5.74, 6) is -0.0229. The van der Waals surface area contributed by atoms with Gasteiger partial charge in [0.05, 0.1) is 14.7 Å². The lowest BCUT2D eigenvalue weighted by molar-refractivity contribution is 0.101. The molecule has 5 nitrogen and oxygen atoms in total. The normalized spacial score (nSPS) is 10.9. The second kappa shape index (κ2) is 5.05. The quantitative estimate of drug-likeness (QED) is 0.782. The lowest BCUT2D eigenvalue weighted by Gasteiger charge is -2.00. The van der Waals surface area contributed by atoms with Gasteiger partial charge in [-0.15, -0.1) is 0 Å². The Balaban J connectivity index is 1.96. The van der Waals surface area contributed by atoms with E-state index in [1.807, 2.05) is 0 Å². The number of hydrogen-bond donors (Lipinski definition) is 1. The number of halogens is 2. The molecule has 0 aliphatic rings. The summed E-state index contributed by atoms with van der Waals surface area (Å²) in [4.78, 5) is 20.3. The summed E-state index contributed by atoms with van der Waals surface area (Å²) in [7, 11) is 1.74. The fourth-order valence-electron chi connectivity index (χ4n) is 1.74. The predicted molar refractivity (Wildman–Crippen MR) is 80.8 cm³/mol. The van der Waals surface area contributed by atoms with Gasteiger partial charge in [0, 0.05) is 19.4 Å². The number of benzene rings is 1. The van der Waals surface area contributed by atoms with Crippen molar-refractivity contribution in [2.24, 2.45) is 7.05 Å². The number of nitrogens with one attached hydrogen (secondary N) is 1. The first-order valence-corrected chi connectivity index (χ1v) is 7.16. The van der Waals surface area contributed by atoms with E-state index >= 15 is 0 Å². The van der Waals surface area contributed by atoms with Crippen LogP contribution in [0, 0.1) is 0 Å². The van der Waals surface area contributed by atoms with Crippen LogP contribution in [0.5, 0.6) is 0 Å². The van der Waals surface area contributed by atoms with Crippen LogP contribution in [0.15, 0.2) is 24.5 Å². The zero-order chi connectivity index (χ0) is 14.3. The number of fused-ring (bicyclic) bond motifs is 1. The van der Waals surface area contributed by atoms with Crippen LogP contribution in [-0.2, 0) is 7.05 Å². The molecule has 0 saturated heterocycles. The fraction of sp³-hybridized carbons (Fsp3) is 0.0833. The van der Waals surface area contributed by atoms with Crippen molar-refractivity contribution in [3.63, 3.8) is 0 Å². The van der Waals surface area contributed by atoms with Gasteiger partial charge < -0.3 is 4.57 Å². The second-order valence-electron chi connectivity index (χ2n) is 4.04. The zero-order valence-corrected chi connectivity index (χ0v) is 12.6. The highest BCUT2D eigenvalue weighted by atomic mass is 35.5. The zero-order valence-electron chi connectivity index (χ0n) is 10.2. The van der Waals surface area contributed by atoms with Crippen molar-refractivity contribution < 1.29 is 4.79 Å². The number of carbonyl (C=O) groups excluding carboxylic acids is 1. The SMILES string of the molecule is Cn1ccnc1C(=O)Nc1nc2c(Cl)ccc(Cl)c2s1. The highest BCUT2D eigenvalue weighted by molar-refractivity contribution is 7.23. The Morgan fingerprint density at radius 2 is 2.10 bits per heavy atom. The Labute approximate surface area is 128 Å². The fourth-order valence-corrected chi connectivity index (χ4v) is 3.15. The number of rotatable bonds is 2. The highest BCUT2D eigenvalue weighted by Crippen LogP contribution is 2.36. The number of hydrogen-bond acceptors (Lipinski definition) is 4. The van der Waals surface area contributed by atoms with E-state index in [4.69, 9.17) is 23.2 Å². The minimum Gasteiger partial charge on any atom is -0.330 e. The number of nitrogens with zero attached hydrogens (tertiary/aromatic N) is 3. The van der Waals surface area contributed by atoms with Crippen molar-refractivity contribution in [1.82, 2.24) is 14.5 Å². The summed E-state index contributed by atoms with van der Waals surface area (Å²) >= 11 is 13.4. The van der Waals surface area contributed by atoms with E-state index < -0.39 is 0 Å². The van der Waals surface area contributed by atoms with Crippen molar-refractivity contribution in [1.29, 1.82) is 0 Å². The summed E-state index contributed by atoms with van der Waals surface area (Å²) in [6.45, 7) is 0. The van der Waals surface area contributed by atoms with Crippen LogP contribution in [0.1, 0.15) is 10.6 Å². The Morgan fingerprint density at radius 1 is 1.35 bits per heavy atom. The maximum absolute atomic E-state index is 12.0. The maximum Gasteiger partial charge on any atom is 0.293 e. The molecule has 1 aromatic carbocycles. The molecular weight excluding hydrogens is 319 g/mol. The first-order valence-electron chi connectivity index (χ1n) is 5.59. The molecule has 3 aromatic rings. The van der Waals surface area contributed by atoms with Crippen LogP contribution in [0.3, 0.4) is 0 Å². The number of aromatic nitrogens is 3. The second-order valence-corrected chi connectivity index (χ2v) is 5.86. The van der Waals surface area contributed by atoms with Gasteiger partial charge in [0.1, 0.15) is 5.52 Å². The molecule has 0 spiro atoms. The van der Waals surface area contributed by atoms with Gasteiger partial charge in [0.2, 0.25) is 0 Å². The minimum absolute atomic E-state index is 0.307. The first kappa shape index (κ1) is 13.4. The molecule has 0 saturated carbocycles. The molecule has 0 aliphatic carbocycles. The Hall–Kier alpha value is -1.63. The number of thiazole rings is 1. The Kier molecular flexibility index (Phi) is 3.37. The van der Waals surface area contributed by atoms with E-state index in [0.29, 0.717) is 26.5 Å². The average Bonchev–Trinajstić information content (AvgIpc) is 3.01. The molecule has 0 fully saturated rings. The summed E-state index contributed by atoms with van der Waals surface area (Å²) in [5.41, 5.74) is 0.583. The molecule has 3 rings (SSSR count). The van der Waals surface area contributed by atoms with Gasteiger partial charge in [-0.25, -0.2) is 9.97 Å². The van der Waals surface area contributed by atoms with Gasteiger partial charge in [0.25, 0.3) is 5.91 Å². The molecule has 1 N–H and O–H groups in total. The summed E-state index contributed by atoms with van der Waals surface area (Å²) in [6.07, 6.45) is 3.25. The monoisotopic (exact) mass is 326 g/mol. The molecule has 8 heteroatoms. The topological polar surface area (TPSA) is 59.8 Å². The molecule has 0 bridgehead atoms. The van der Waals surface area contributed by atoms with Gasteiger partial charge in [0.15, 0.2) is 11.0 Å². The molecule has 102 valence electrons. The number of imidazole rings is 1. The largest absolute Gasteiger partial charge is 0.330 e. The number of carbonyl (C=O) groups is 1. The smallest absolute Gasteiger partial charge is 0.293 e. The third-order valence-corrected chi connectivity index (χ3v) is 4.43. The van der Waals surface area contributed by atoms with Crippen molar-refractivity contribution in [2.45, 2.75) is 0 Å². The third kappa shape index (κ3) is 2.26. The van der Waals surface area contributed by atoms with Gasteiger partial charge >= 0.3 is 0 Å². The molecule has 2 aromatic heterocycles. The van der Waals surface area contributed by atoms with Crippen molar-refractivity contribution in [2.75, 3.05) is 5.32 Å². The van der Waals surface area contributed by atoms with Crippen LogP contribution in [0.2, 0.25) is 10.0 Å². The van der Waals surface area contributed by atoms with Crippen LogP contribution in [0.25, 0.3) is 10.2 Å². The molecule has 2 heterocycles. The highest BCUT2D eigenvalue weighted by Gasteiger charge is 2.15. The lowest BCUT2D eigenvalue weighted by atomic mass is 10.3. The Morgan fingerprint density at radius 3 is 2.75 bits per heavy atom. The minimum atomic E-state index is -0.330. The summed E-state index contributed by atoms with van der Waals surface area (Å²) in [6, 6.07) is 3.38. The summed E-state index contributed by atoms with van der Waals surface area (Å²) in [5, 5.41) is 4.18. The standard InChI is InChI=1S/C12H8Cl2N4OS/c1-18-5-4-15-10(18)11(19)17-12-16-8-6(13)2-3-7(14)9(8)20-12/h2-5H,1H3,(H,16,17,19). The lowest BCUT2D eigenvalue weighted by Crippen LogP contribution is -2.16. The number of amides is 1. The first-order chi connectivity index (χ1) is 9.56. The van der Waals surface area contributed by atoms with Crippen LogP contribution >= 0.6 is 34.5 Å².